The SMILES string of the molecule is O=C(O)c1cc2c(s1)CCN(C(=O)C1CC1)C2. The van der Waals surface area contributed by atoms with Crippen LogP contribution >= 0.6 is 11.3 Å². The van der Waals surface area contributed by atoms with Gasteiger partial charge >= 0.3 is 5.97 Å². The third-order valence-electron chi connectivity index (χ3n) is 3.32. The molecule has 1 fully saturated rings. The van der Waals surface area contributed by atoms with E-state index in [-0.39, 0.29) is 11.8 Å². The van der Waals surface area contributed by atoms with Gasteiger partial charge in [0.2, 0.25) is 5.91 Å². The number of thiophene rings is 1. The molecule has 1 amide bonds. The lowest BCUT2D eigenvalue weighted by Crippen LogP contribution is -2.36. The van der Waals surface area contributed by atoms with Crippen molar-refractivity contribution in [2.75, 3.05) is 6.54 Å². The minimum absolute atomic E-state index is 0.245. The van der Waals surface area contributed by atoms with Crippen LogP contribution < -0.4 is 0 Å². The Kier molecular flexibility index (Phi) is 2.43. The second kappa shape index (κ2) is 3.84. The fourth-order valence-corrected chi connectivity index (χ4v) is 3.22. The van der Waals surface area contributed by atoms with Gasteiger partial charge in [-0.15, -0.1) is 11.3 Å². The second-order valence-corrected chi connectivity index (χ2v) is 5.79. The summed E-state index contributed by atoms with van der Waals surface area (Å²) in [7, 11) is 0. The van der Waals surface area contributed by atoms with E-state index in [1.807, 2.05) is 4.90 Å². The van der Waals surface area contributed by atoms with Gasteiger partial charge in [-0.05, 0) is 30.9 Å². The molecule has 2 aliphatic rings. The van der Waals surface area contributed by atoms with Crippen molar-refractivity contribution in [1.82, 2.24) is 4.90 Å². The molecule has 1 N–H and O–H groups in total. The summed E-state index contributed by atoms with van der Waals surface area (Å²) in [4.78, 5) is 26.2. The van der Waals surface area contributed by atoms with Gasteiger partial charge < -0.3 is 10.0 Å². The molecule has 0 bridgehead atoms. The zero-order valence-corrected chi connectivity index (χ0v) is 10.1. The molecule has 1 saturated carbocycles. The third-order valence-corrected chi connectivity index (χ3v) is 4.54. The molecule has 5 heteroatoms. The highest BCUT2D eigenvalue weighted by atomic mass is 32.1. The number of amides is 1. The van der Waals surface area contributed by atoms with Crippen LogP contribution in [0.5, 0.6) is 0 Å². The van der Waals surface area contributed by atoms with Gasteiger partial charge in [-0.3, -0.25) is 4.79 Å². The van der Waals surface area contributed by atoms with Gasteiger partial charge in [0.25, 0.3) is 0 Å². The molecule has 0 aromatic carbocycles. The summed E-state index contributed by atoms with van der Waals surface area (Å²) < 4.78 is 0. The van der Waals surface area contributed by atoms with Crippen molar-refractivity contribution < 1.29 is 14.7 Å². The van der Waals surface area contributed by atoms with Crippen LogP contribution in [-0.2, 0) is 17.8 Å². The molecule has 1 aliphatic heterocycles. The van der Waals surface area contributed by atoms with Crippen LogP contribution in [0.4, 0.5) is 0 Å². The van der Waals surface area contributed by atoms with Crippen LogP contribution in [0.25, 0.3) is 0 Å². The number of carboxylic acids is 1. The average Bonchev–Trinajstić information content (AvgIpc) is 3.06. The zero-order chi connectivity index (χ0) is 12.0. The first-order chi connectivity index (χ1) is 8.15. The van der Waals surface area contributed by atoms with E-state index in [1.165, 1.54) is 11.3 Å². The summed E-state index contributed by atoms with van der Waals surface area (Å²) in [6.45, 7) is 1.33. The number of nitrogens with zero attached hydrogens (tertiary/aromatic N) is 1. The number of aromatic carboxylic acids is 1. The van der Waals surface area contributed by atoms with E-state index >= 15 is 0 Å². The first kappa shape index (κ1) is 10.8. The summed E-state index contributed by atoms with van der Waals surface area (Å²) in [6, 6.07) is 1.72. The largest absolute Gasteiger partial charge is 0.477 e. The van der Waals surface area contributed by atoms with Crippen molar-refractivity contribution >= 4 is 23.2 Å². The number of hydrogen-bond acceptors (Lipinski definition) is 3. The number of fused-ring (bicyclic) bond motifs is 1. The molecule has 90 valence electrons. The van der Waals surface area contributed by atoms with Crippen LogP contribution in [0.15, 0.2) is 6.07 Å². The van der Waals surface area contributed by atoms with Crippen LogP contribution in [0, 0.1) is 5.92 Å². The van der Waals surface area contributed by atoms with E-state index in [0.717, 1.165) is 36.2 Å². The minimum atomic E-state index is -0.871. The topological polar surface area (TPSA) is 57.6 Å². The molecule has 1 aromatic heterocycles. The molecule has 0 spiro atoms. The number of carbonyl (C=O) groups excluding carboxylic acids is 1. The Bertz CT molecular complexity index is 490. The summed E-state index contributed by atoms with van der Waals surface area (Å²) in [5.74, 6) is -0.377. The highest BCUT2D eigenvalue weighted by Gasteiger charge is 2.35. The van der Waals surface area contributed by atoms with E-state index in [9.17, 15) is 9.59 Å². The quantitative estimate of drug-likeness (QED) is 0.871. The molecular weight excluding hydrogens is 238 g/mol. The van der Waals surface area contributed by atoms with Gasteiger partial charge in [0.15, 0.2) is 0 Å². The summed E-state index contributed by atoms with van der Waals surface area (Å²) in [5, 5.41) is 8.94. The van der Waals surface area contributed by atoms with Gasteiger partial charge in [-0.1, -0.05) is 0 Å². The average molecular weight is 251 g/mol. The summed E-state index contributed by atoms with van der Waals surface area (Å²) in [6.07, 6.45) is 2.84. The van der Waals surface area contributed by atoms with E-state index in [0.29, 0.717) is 11.4 Å². The summed E-state index contributed by atoms with van der Waals surface area (Å²) in [5.41, 5.74) is 1.02. The lowest BCUT2D eigenvalue weighted by atomic mass is 10.1. The Hall–Kier alpha value is -1.36. The molecule has 3 rings (SSSR count). The molecule has 0 atom stereocenters. The summed E-state index contributed by atoms with van der Waals surface area (Å²) >= 11 is 1.34. The lowest BCUT2D eigenvalue weighted by molar-refractivity contribution is -0.133. The monoisotopic (exact) mass is 251 g/mol. The maximum atomic E-state index is 11.9. The highest BCUT2D eigenvalue weighted by molar-refractivity contribution is 7.14. The Balaban J connectivity index is 1.79. The molecule has 1 aliphatic carbocycles. The molecule has 2 heterocycles. The first-order valence-electron chi connectivity index (χ1n) is 5.79. The Labute approximate surface area is 103 Å². The zero-order valence-electron chi connectivity index (χ0n) is 9.31. The van der Waals surface area contributed by atoms with Gasteiger partial charge in [0, 0.05) is 23.9 Å². The van der Waals surface area contributed by atoms with Crippen molar-refractivity contribution in [1.29, 1.82) is 0 Å². The van der Waals surface area contributed by atoms with Crippen molar-refractivity contribution in [3.8, 4) is 0 Å². The van der Waals surface area contributed by atoms with Crippen molar-refractivity contribution in [2.45, 2.75) is 25.8 Å². The van der Waals surface area contributed by atoms with Crippen molar-refractivity contribution in [2.24, 2.45) is 5.92 Å². The normalized spacial score (nSPS) is 18.9. The van der Waals surface area contributed by atoms with E-state index < -0.39 is 5.97 Å². The highest BCUT2D eigenvalue weighted by Crippen LogP contribution is 2.34. The molecule has 0 radical (unpaired) electrons. The lowest BCUT2D eigenvalue weighted by Gasteiger charge is -2.26. The van der Waals surface area contributed by atoms with Gasteiger partial charge in [-0.2, -0.15) is 0 Å². The standard InChI is InChI=1S/C12H13NO3S/c14-11(7-1-2-7)13-4-3-9-8(6-13)5-10(17-9)12(15)16/h5,7H,1-4,6H2,(H,15,16). The van der Waals surface area contributed by atoms with Crippen LogP contribution in [0.1, 0.15) is 33.0 Å². The fourth-order valence-electron chi connectivity index (χ4n) is 2.22. The number of rotatable bonds is 2. The van der Waals surface area contributed by atoms with Crippen molar-refractivity contribution in [3.05, 3.63) is 21.4 Å². The molecule has 0 unspecified atom stereocenters. The van der Waals surface area contributed by atoms with E-state index in [2.05, 4.69) is 0 Å². The number of carboxylic acid groups (broad SMARTS) is 1. The minimum Gasteiger partial charge on any atom is -0.477 e. The van der Waals surface area contributed by atoms with Crippen LogP contribution in [0.3, 0.4) is 0 Å². The van der Waals surface area contributed by atoms with Crippen LogP contribution in [0.2, 0.25) is 0 Å². The van der Waals surface area contributed by atoms with Gasteiger partial charge in [0.05, 0.1) is 0 Å². The molecule has 17 heavy (non-hydrogen) atoms. The Morgan fingerprint density at radius 2 is 2.18 bits per heavy atom. The number of carbonyl (C=O) groups is 2. The Morgan fingerprint density at radius 3 is 2.82 bits per heavy atom. The Morgan fingerprint density at radius 1 is 1.41 bits per heavy atom. The van der Waals surface area contributed by atoms with Crippen molar-refractivity contribution in [3.63, 3.8) is 0 Å². The molecule has 1 aromatic rings. The second-order valence-electron chi connectivity index (χ2n) is 4.65. The van der Waals surface area contributed by atoms with Gasteiger partial charge in [0.1, 0.15) is 4.88 Å². The predicted molar refractivity (Wildman–Crippen MR) is 63.1 cm³/mol. The van der Waals surface area contributed by atoms with E-state index in [1.54, 1.807) is 6.07 Å². The maximum absolute atomic E-state index is 11.9. The third kappa shape index (κ3) is 1.95. The smallest absolute Gasteiger partial charge is 0.345 e. The fraction of sp³-hybridized carbons (Fsp3) is 0.500. The predicted octanol–water partition coefficient (Wildman–Crippen LogP) is 1.74. The first-order valence-corrected chi connectivity index (χ1v) is 6.60. The molecule has 0 saturated heterocycles. The molecular formula is C12H13NO3S. The number of hydrogen-bond donors (Lipinski definition) is 1. The molecule has 4 nitrogen and oxygen atoms in total. The van der Waals surface area contributed by atoms with E-state index in [4.69, 9.17) is 5.11 Å². The van der Waals surface area contributed by atoms with Gasteiger partial charge in [-0.25, -0.2) is 4.79 Å². The maximum Gasteiger partial charge on any atom is 0.345 e. The van der Waals surface area contributed by atoms with Crippen LogP contribution in [-0.4, -0.2) is 28.4 Å².